The van der Waals surface area contributed by atoms with Gasteiger partial charge in [0.2, 0.25) is 0 Å². The number of nitrogens with zero attached hydrogens (tertiary/aromatic N) is 5. The first-order valence-corrected chi connectivity index (χ1v) is 10.3. The minimum atomic E-state index is -4.42. The highest BCUT2D eigenvalue weighted by molar-refractivity contribution is 8.00. The van der Waals surface area contributed by atoms with E-state index < -0.39 is 23.0 Å². The maximum atomic E-state index is 13.3. The second-order valence-corrected chi connectivity index (χ2v) is 8.70. The van der Waals surface area contributed by atoms with Crippen LogP contribution in [0.1, 0.15) is 19.4 Å². The number of hydrogen-bond acceptors (Lipinski definition) is 5. The molecule has 7 nitrogen and oxygen atoms in total. The number of alkyl halides is 3. The molecule has 3 amide bonds. The summed E-state index contributed by atoms with van der Waals surface area (Å²) < 4.78 is 39.4. The van der Waals surface area contributed by atoms with Gasteiger partial charge in [0.25, 0.3) is 5.91 Å². The van der Waals surface area contributed by atoms with Gasteiger partial charge in [-0.25, -0.2) is 14.4 Å². The molecule has 4 rings (SSSR count). The highest BCUT2D eigenvalue weighted by Crippen LogP contribution is 2.39. The van der Waals surface area contributed by atoms with E-state index in [0.29, 0.717) is 5.69 Å². The lowest BCUT2D eigenvalue weighted by Crippen LogP contribution is -2.43. The van der Waals surface area contributed by atoms with Gasteiger partial charge in [0.05, 0.1) is 24.1 Å². The van der Waals surface area contributed by atoms with Crippen LogP contribution in [0.25, 0.3) is 5.69 Å². The van der Waals surface area contributed by atoms with Gasteiger partial charge in [-0.05, 0) is 62.0 Å². The van der Waals surface area contributed by atoms with Crippen LogP contribution in [-0.4, -0.2) is 42.6 Å². The second-order valence-electron chi connectivity index (χ2n) is 7.57. The van der Waals surface area contributed by atoms with Gasteiger partial charge in [0, 0.05) is 29.0 Å². The molecule has 0 bridgehead atoms. The minimum Gasteiger partial charge on any atom is -0.305 e. The van der Waals surface area contributed by atoms with Crippen molar-refractivity contribution >= 4 is 29.4 Å². The maximum Gasteiger partial charge on any atom is 0.446 e. The van der Waals surface area contributed by atoms with Gasteiger partial charge in [0.15, 0.2) is 0 Å². The number of benzene rings is 1. The molecule has 0 saturated carbocycles. The number of rotatable bonds is 5. The number of amides is 3. The Morgan fingerprint density at radius 3 is 2.41 bits per heavy atom. The van der Waals surface area contributed by atoms with Gasteiger partial charge < -0.3 is 4.90 Å². The molecule has 32 heavy (non-hydrogen) atoms. The van der Waals surface area contributed by atoms with E-state index in [1.807, 2.05) is 0 Å². The Kier molecular flexibility index (Phi) is 5.45. The summed E-state index contributed by atoms with van der Waals surface area (Å²) in [6, 6.07) is 8.10. The summed E-state index contributed by atoms with van der Waals surface area (Å²) in [7, 11) is 0. The van der Waals surface area contributed by atoms with Gasteiger partial charge in [0.1, 0.15) is 5.54 Å². The molecule has 1 aromatic carbocycles. The second kappa shape index (κ2) is 7.97. The van der Waals surface area contributed by atoms with Crippen molar-refractivity contribution in [2.24, 2.45) is 0 Å². The van der Waals surface area contributed by atoms with Crippen molar-refractivity contribution in [2.75, 3.05) is 4.90 Å². The van der Waals surface area contributed by atoms with Crippen LogP contribution in [0.2, 0.25) is 0 Å². The lowest BCUT2D eigenvalue weighted by molar-refractivity contribution is -0.123. The molecular formula is C21H18F3N5O2S. The van der Waals surface area contributed by atoms with E-state index in [1.165, 1.54) is 29.2 Å². The number of urea groups is 1. The van der Waals surface area contributed by atoms with Crippen LogP contribution in [0, 0.1) is 0 Å². The van der Waals surface area contributed by atoms with Gasteiger partial charge >= 0.3 is 11.5 Å². The Morgan fingerprint density at radius 2 is 1.78 bits per heavy atom. The highest BCUT2D eigenvalue weighted by Gasteiger charge is 2.51. The monoisotopic (exact) mass is 461 g/mol. The molecule has 11 heteroatoms. The fourth-order valence-corrected chi connectivity index (χ4v) is 4.00. The van der Waals surface area contributed by atoms with Crippen molar-refractivity contribution < 1.29 is 22.8 Å². The number of carbonyl (C=O) groups excluding carboxylic acids is 2. The molecule has 0 spiro atoms. The average molecular weight is 461 g/mol. The Balaban J connectivity index is 1.63. The molecule has 1 aliphatic heterocycles. The van der Waals surface area contributed by atoms with Crippen molar-refractivity contribution in [3.05, 3.63) is 66.7 Å². The van der Waals surface area contributed by atoms with E-state index in [0.717, 1.165) is 10.5 Å². The van der Waals surface area contributed by atoms with Gasteiger partial charge in [-0.2, -0.15) is 18.3 Å². The number of imide groups is 1. The Morgan fingerprint density at radius 1 is 1.06 bits per heavy atom. The average Bonchev–Trinajstić information content (AvgIpc) is 3.31. The topological polar surface area (TPSA) is 71.3 Å². The zero-order valence-electron chi connectivity index (χ0n) is 17.1. The van der Waals surface area contributed by atoms with Crippen LogP contribution in [0.4, 0.5) is 23.7 Å². The summed E-state index contributed by atoms with van der Waals surface area (Å²) in [5.41, 5.74) is -3.97. The predicted octanol–water partition coefficient (Wildman–Crippen LogP) is 4.63. The number of hydrogen-bond donors (Lipinski definition) is 0. The molecule has 1 saturated heterocycles. The summed E-state index contributed by atoms with van der Waals surface area (Å²) in [5.74, 6) is -0.464. The van der Waals surface area contributed by atoms with Crippen molar-refractivity contribution in [3.63, 3.8) is 0 Å². The van der Waals surface area contributed by atoms with Crippen molar-refractivity contribution in [2.45, 2.75) is 36.3 Å². The zero-order chi connectivity index (χ0) is 23.1. The molecule has 166 valence electrons. The van der Waals surface area contributed by atoms with Gasteiger partial charge in [-0.15, -0.1) is 0 Å². The van der Waals surface area contributed by atoms with Crippen LogP contribution in [0.5, 0.6) is 0 Å². The van der Waals surface area contributed by atoms with Crippen LogP contribution in [0.15, 0.2) is 66.1 Å². The summed E-state index contributed by atoms with van der Waals surface area (Å²) in [6.45, 7) is 3.39. The maximum absolute atomic E-state index is 13.3. The molecule has 0 radical (unpaired) electrons. The quantitative estimate of drug-likeness (QED) is 0.409. The summed E-state index contributed by atoms with van der Waals surface area (Å²) >= 11 is -0.257. The first-order chi connectivity index (χ1) is 15.1. The lowest BCUT2D eigenvalue weighted by Gasteiger charge is -2.28. The fraction of sp³-hybridized carbons (Fsp3) is 0.238. The number of halogens is 3. The van der Waals surface area contributed by atoms with Crippen molar-refractivity contribution in [1.29, 1.82) is 0 Å². The Hall–Kier alpha value is -3.34. The molecule has 0 N–H and O–H groups in total. The number of thioether (sulfide) groups is 1. The first-order valence-electron chi connectivity index (χ1n) is 9.53. The third-order valence-corrected chi connectivity index (χ3v) is 5.86. The number of carbonyl (C=O) groups is 2. The third-order valence-electron chi connectivity index (χ3n) is 5.12. The lowest BCUT2D eigenvalue weighted by atomic mass is 10.0. The van der Waals surface area contributed by atoms with E-state index >= 15 is 0 Å². The van der Waals surface area contributed by atoms with Crippen LogP contribution >= 0.6 is 11.8 Å². The van der Waals surface area contributed by atoms with E-state index in [1.54, 1.807) is 55.4 Å². The first kappa shape index (κ1) is 21.9. The van der Waals surface area contributed by atoms with Crippen molar-refractivity contribution in [1.82, 2.24) is 19.7 Å². The summed E-state index contributed by atoms with van der Waals surface area (Å²) in [4.78, 5) is 32.9. The normalized spacial score (nSPS) is 16.2. The molecule has 0 unspecified atom stereocenters. The SMILES string of the molecule is CC1(C)C(=O)N(c2ccc(SC(F)(F)F)cc2)C(=O)N1Cc1ccncc1-n1cccn1. The minimum absolute atomic E-state index is 0.0305. The number of pyridine rings is 1. The molecule has 2 aromatic heterocycles. The third kappa shape index (κ3) is 4.07. The van der Waals surface area contributed by atoms with Crippen LogP contribution < -0.4 is 4.90 Å². The largest absolute Gasteiger partial charge is 0.446 e. The number of aromatic nitrogens is 3. The molecule has 0 atom stereocenters. The standard InChI is InChI=1S/C21H18F3N5O2S/c1-20(2)18(30)29(15-4-6-16(7-5-15)32-21(22,23)24)19(31)27(20)13-14-8-10-25-12-17(14)28-11-3-9-26-28/h3-12H,13H2,1-2H3. The van der Waals surface area contributed by atoms with E-state index in [2.05, 4.69) is 10.1 Å². The summed E-state index contributed by atoms with van der Waals surface area (Å²) in [5, 5.41) is 4.20. The molecule has 0 aliphatic carbocycles. The smallest absolute Gasteiger partial charge is 0.305 e. The van der Waals surface area contributed by atoms with Crippen LogP contribution in [0.3, 0.4) is 0 Å². The van der Waals surface area contributed by atoms with Crippen molar-refractivity contribution in [3.8, 4) is 5.69 Å². The Bertz CT molecular complexity index is 1150. The van der Waals surface area contributed by atoms with Gasteiger partial charge in [-0.3, -0.25) is 9.78 Å². The molecule has 3 heterocycles. The Labute approximate surface area is 185 Å². The summed E-state index contributed by atoms with van der Waals surface area (Å²) in [6.07, 6.45) is 6.57. The molecule has 3 aromatic rings. The van der Waals surface area contributed by atoms with Crippen LogP contribution in [-0.2, 0) is 11.3 Å². The highest BCUT2D eigenvalue weighted by atomic mass is 32.2. The fourth-order valence-electron chi connectivity index (χ4n) is 3.46. The zero-order valence-corrected chi connectivity index (χ0v) is 17.9. The predicted molar refractivity (Wildman–Crippen MR) is 112 cm³/mol. The molecular weight excluding hydrogens is 443 g/mol. The molecule has 1 fully saturated rings. The van der Waals surface area contributed by atoms with Gasteiger partial charge in [-0.1, -0.05) is 0 Å². The molecule has 1 aliphatic rings. The van der Waals surface area contributed by atoms with E-state index in [9.17, 15) is 22.8 Å². The van der Waals surface area contributed by atoms with E-state index in [-0.39, 0.29) is 28.9 Å². The number of anilines is 1. The van der Waals surface area contributed by atoms with E-state index in [4.69, 9.17) is 0 Å².